The van der Waals surface area contributed by atoms with Crippen molar-refractivity contribution < 1.29 is 78.0 Å². The molecule has 0 aliphatic carbocycles. The molecule has 0 bridgehead atoms. The van der Waals surface area contributed by atoms with Gasteiger partial charge in [0.15, 0.2) is 15.6 Å². The number of hydrogen-bond acceptors (Lipinski definition) is 23. The molecule has 12 N–H and O–H groups in total. The average Bonchev–Trinajstić information content (AvgIpc) is 3.25. The van der Waals surface area contributed by atoms with E-state index in [9.17, 15) is 69.3 Å². The van der Waals surface area contributed by atoms with E-state index < -0.39 is 132 Å². The van der Waals surface area contributed by atoms with Gasteiger partial charge in [0.05, 0.1) is 61.0 Å². The van der Waals surface area contributed by atoms with Crippen LogP contribution >= 0.6 is 11.6 Å². The normalized spacial score (nSPS) is 13.2. The van der Waals surface area contributed by atoms with Crippen LogP contribution in [-0.2, 0) is 64.8 Å². The van der Waals surface area contributed by atoms with Crippen molar-refractivity contribution in [2.45, 2.75) is 24.5 Å². The highest BCUT2D eigenvalue weighted by Gasteiger charge is 2.29. The van der Waals surface area contributed by atoms with Crippen molar-refractivity contribution in [2.75, 3.05) is 34.3 Å². The van der Waals surface area contributed by atoms with Crippen LogP contribution in [0.3, 0.4) is 0 Å². The summed E-state index contributed by atoms with van der Waals surface area (Å²) >= 11 is 6.01. The molecule has 0 fully saturated rings. The van der Waals surface area contributed by atoms with Gasteiger partial charge in [-0.2, -0.15) is 43.9 Å². The molecule has 6 rings (SSSR count). The van der Waals surface area contributed by atoms with E-state index in [0.717, 1.165) is 24.3 Å². The monoisotopic (exact) mass is 1120 g/mol. The number of nitrogens with two attached hydrogens (primary N) is 3. The Morgan fingerprint density at radius 3 is 1.62 bits per heavy atom. The zero-order valence-electron chi connectivity index (χ0n) is 34.9. The second-order valence-corrected chi connectivity index (χ2v) is 23.6. The highest BCUT2D eigenvalue weighted by Crippen LogP contribution is 2.48. The molecule has 0 aliphatic heterocycles. The Morgan fingerprint density at radius 1 is 0.549 bits per heavy atom. The second kappa shape index (κ2) is 19.8. The maximum atomic E-state index is 13.2. The summed E-state index contributed by atoms with van der Waals surface area (Å²) in [7, 11) is -30.2. The first-order valence-corrected chi connectivity index (χ1v) is 27.8. The molecule has 0 spiro atoms. The third kappa shape index (κ3) is 12.7. The molecular formula is C36H31ClN10O18S6. The summed E-state index contributed by atoms with van der Waals surface area (Å²) in [4.78, 5) is -4.93. The van der Waals surface area contributed by atoms with Gasteiger partial charge in [0.2, 0.25) is 0 Å². The van der Waals surface area contributed by atoms with Crippen molar-refractivity contribution >= 4 is 140 Å². The van der Waals surface area contributed by atoms with Crippen LogP contribution in [0.5, 0.6) is 5.75 Å². The van der Waals surface area contributed by atoms with E-state index in [2.05, 4.69) is 39.6 Å². The van der Waals surface area contributed by atoms with E-state index in [1.165, 1.54) is 36.4 Å². The first kappa shape index (κ1) is 53.5. The number of phenols is 1. The fourth-order valence-corrected chi connectivity index (χ4v) is 10.7. The number of hydrogen-bond donors (Lipinski definition) is 9. The minimum absolute atomic E-state index is 0.111. The summed E-state index contributed by atoms with van der Waals surface area (Å²) in [6.07, 6.45) is 0. The quantitative estimate of drug-likeness (QED) is 0.0274. The minimum atomic E-state index is -5.49. The predicted octanol–water partition coefficient (Wildman–Crippen LogP) is 6.33. The lowest BCUT2D eigenvalue weighted by atomic mass is 10.1. The Hall–Kier alpha value is -6.83. The van der Waals surface area contributed by atoms with Crippen LogP contribution < -0.4 is 21.9 Å². The highest BCUT2D eigenvalue weighted by atomic mass is 35.5. The molecule has 71 heavy (non-hydrogen) atoms. The molecule has 0 saturated heterocycles. The van der Waals surface area contributed by atoms with E-state index in [0.29, 0.717) is 36.0 Å². The number of nitrogen functional groups attached to an aromatic ring is 3. The van der Waals surface area contributed by atoms with Crippen molar-refractivity contribution in [3.05, 3.63) is 96.0 Å². The largest absolute Gasteiger partial charge is 0.505 e. The number of sulfone groups is 1. The Morgan fingerprint density at radius 2 is 1.06 bits per heavy atom. The number of rotatable bonds is 17. The number of azo groups is 3. The molecule has 28 nitrogen and oxygen atoms in total. The molecule has 0 aromatic heterocycles. The van der Waals surface area contributed by atoms with E-state index in [1.807, 2.05) is 0 Å². The number of benzene rings is 6. The number of halogens is 1. The smallest absolute Gasteiger partial charge is 0.397 e. The van der Waals surface area contributed by atoms with Crippen LogP contribution in [0.1, 0.15) is 0 Å². The molecule has 0 atom stereocenters. The number of fused-ring (bicyclic) bond motifs is 1. The van der Waals surface area contributed by atoms with Gasteiger partial charge in [-0.25, -0.2) is 21.0 Å². The fourth-order valence-electron chi connectivity index (χ4n) is 5.96. The molecule has 6 aromatic carbocycles. The Bertz CT molecular complexity index is 3960. The summed E-state index contributed by atoms with van der Waals surface area (Å²) in [6, 6.07) is 15.6. The molecule has 0 unspecified atom stereocenters. The number of nitrogens with one attached hydrogen (secondary N) is 1. The van der Waals surface area contributed by atoms with Gasteiger partial charge in [-0.1, -0.05) is 11.6 Å². The highest BCUT2D eigenvalue weighted by molar-refractivity contribution is 7.92. The average molecular weight is 1120 g/mol. The summed E-state index contributed by atoms with van der Waals surface area (Å²) in [6.45, 7) is -1.13. The SMILES string of the molecule is Nc1cc(N)c(N=Nc2ccc(NS(=O)(=O)c3ccc(N=Nc4c(S(=O)(=O)O)cc5cc(S(=O)(=O)O)c(N=Nc6ccc(S(=O)(=O)CCOS(=O)(=O)O)cc6S(=O)(=O)O)c(O)c5c4N)cc3)cc2)cc1Cl. The minimum Gasteiger partial charge on any atom is -0.505 e. The van der Waals surface area contributed by atoms with Crippen LogP contribution in [0.4, 0.5) is 56.9 Å². The van der Waals surface area contributed by atoms with Crippen LogP contribution in [0, 0.1) is 0 Å². The summed E-state index contributed by atoms with van der Waals surface area (Å²) in [5.41, 5.74) is 14.9. The van der Waals surface area contributed by atoms with E-state index in [4.69, 9.17) is 33.4 Å². The lowest BCUT2D eigenvalue weighted by molar-refractivity contribution is 0.284. The Labute approximate surface area is 406 Å². The summed E-state index contributed by atoms with van der Waals surface area (Å²) in [5.74, 6) is -2.45. The second-order valence-electron chi connectivity index (χ2n) is 14.1. The molecule has 0 aliphatic rings. The first-order chi connectivity index (χ1) is 32.7. The lowest BCUT2D eigenvalue weighted by Gasteiger charge is -2.14. The van der Waals surface area contributed by atoms with Crippen LogP contribution in [0.25, 0.3) is 10.8 Å². The standard InChI is InChI=1S/C36H31ClN10O18S6/c37-24-16-28(26(39)17-25(24)38)44-41-19-1-3-21(4-2-19)47-67(51,52)22-7-5-20(6-8-22)42-45-34-30(69(56,57)58)13-18-14-31(70(59,60)61)35(36(48)32(18)33(34)40)46-43-27-10-9-23(15-29(27)68(53,54)55)66(49,50)12-11-65-71(62,63)64/h1-10,13-17,47-48H,11-12,38-40H2,(H,53,54,55)(H,56,57,58)(H,59,60,61)(H,62,63,64). The topological polar surface area (TPSA) is 479 Å². The number of anilines is 4. The van der Waals surface area contributed by atoms with Crippen molar-refractivity contribution in [3.8, 4) is 5.75 Å². The maximum absolute atomic E-state index is 13.2. The van der Waals surface area contributed by atoms with Crippen LogP contribution in [0.2, 0.25) is 5.02 Å². The molecule has 35 heteroatoms. The molecule has 376 valence electrons. The van der Waals surface area contributed by atoms with E-state index in [1.54, 1.807) is 0 Å². The first-order valence-electron chi connectivity index (χ1n) is 18.6. The fraction of sp³-hybridized carbons (Fsp3) is 0.0556. The summed E-state index contributed by atoms with van der Waals surface area (Å²) in [5, 5.41) is 33.0. The third-order valence-electron chi connectivity index (χ3n) is 9.23. The van der Waals surface area contributed by atoms with Crippen molar-refractivity contribution in [1.82, 2.24) is 0 Å². The molecule has 0 amide bonds. The van der Waals surface area contributed by atoms with Gasteiger partial charge < -0.3 is 22.3 Å². The van der Waals surface area contributed by atoms with E-state index in [-0.39, 0.29) is 38.4 Å². The van der Waals surface area contributed by atoms with Gasteiger partial charge in [0.1, 0.15) is 37.4 Å². The van der Waals surface area contributed by atoms with Gasteiger partial charge in [-0.15, -0.1) is 20.5 Å². The third-order valence-corrected chi connectivity index (χ3v) is 15.7. The zero-order valence-corrected chi connectivity index (χ0v) is 40.5. The van der Waals surface area contributed by atoms with Crippen LogP contribution in [0.15, 0.2) is 146 Å². The zero-order chi connectivity index (χ0) is 52.6. The maximum Gasteiger partial charge on any atom is 0.397 e. The van der Waals surface area contributed by atoms with Crippen molar-refractivity contribution in [3.63, 3.8) is 0 Å². The predicted molar refractivity (Wildman–Crippen MR) is 252 cm³/mol. The number of sulfonamides is 1. The molecule has 0 heterocycles. The molecular weight excluding hydrogens is 1090 g/mol. The number of phenolic OH excluding ortho intramolecular Hbond substituents is 1. The number of aromatic hydroxyl groups is 1. The Balaban J connectivity index is 1.32. The summed E-state index contributed by atoms with van der Waals surface area (Å²) < 4.78 is 193. The lowest BCUT2D eigenvalue weighted by Crippen LogP contribution is -2.16. The Kier molecular flexibility index (Phi) is 14.9. The molecule has 0 saturated carbocycles. The molecule has 6 aromatic rings. The van der Waals surface area contributed by atoms with Gasteiger partial charge in [-0.3, -0.25) is 22.9 Å². The molecule has 0 radical (unpaired) electrons. The van der Waals surface area contributed by atoms with Gasteiger partial charge in [-0.05, 0) is 96.4 Å². The van der Waals surface area contributed by atoms with Crippen LogP contribution in [-0.4, -0.2) is 86.2 Å². The van der Waals surface area contributed by atoms with Crippen molar-refractivity contribution in [2.24, 2.45) is 30.7 Å². The van der Waals surface area contributed by atoms with E-state index >= 15 is 0 Å². The van der Waals surface area contributed by atoms with Gasteiger partial charge in [0.25, 0.3) is 40.4 Å². The number of nitrogens with zero attached hydrogens (tertiary/aromatic N) is 6. The van der Waals surface area contributed by atoms with Gasteiger partial charge >= 0.3 is 10.4 Å². The van der Waals surface area contributed by atoms with Gasteiger partial charge in [0, 0.05) is 5.69 Å². The van der Waals surface area contributed by atoms with Crippen molar-refractivity contribution in [1.29, 1.82) is 0 Å².